The van der Waals surface area contributed by atoms with Crippen LogP contribution in [0.5, 0.6) is 5.88 Å². The Kier molecular flexibility index (Phi) is 5.42. The second kappa shape index (κ2) is 8.56. The van der Waals surface area contributed by atoms with Crippen molar-refractivity contribution >= 4 is 26.7 Å². The molecular weight excluding hydrogens is 457 g/mol. The predicted octanol–water partition coefficient (Wildman–Crippen LogP) is 4.43. The van der Waals surface area contributed by atoms with Crippen LogP contribution in [0.25, 0.3) is 27.8 Å². The number of nitrogens with zero attached hydrogens (tertiary/aromatic N) is 4. The maximum absolute atomic E-state index is 13.2. The fourth-order valence-corrected chi connectivity index (χ4v) is 4.60. The number of benzene rings is 1. The number of pyridine rings is 3. The van der Waals surface area contributed by atoms with Crippen LogP contribution in [0.2, 0.25) is 0 Å². The van der Waals surface area contributed by atoms with Gasteiger partial charge in [-0.2, -0.15) is 0 Å². The molecule has 0 saturated heterocycles. The number of methoxy groups -OCH3 is 1. The summed E-state index contributed by atoms with van der Waals surface area (Å²) in [5.41, 5.74) is 3.18. The fourth-order valence-electron chi connectivity index (χ4n) is 3.55. The average Bonchev–Trinajstić information content (AvgIpc) is 3.28. The van der Waals surface area contributed by atoms with Crippen molar-refractivity contribution in [2.24, 2.45) is 0 Å². The Hall–Kier alpha value is -4.31. The van der Waals surface area contributed by atoms with Crippen LogP contribution >= 0.6 is 0 Å². The Bertz CT molecular complexity index is 1590. The van der Waals surface area contributed by atoms with Gasteiger partial charge in [-0.3, -0.25) is 14.3 Å². The van der Waals surface area contributed by atoms with Gasteiger partial charge in [-0.25, -0.2) is 22.8 Å². The molecular formula is C24H18FN5O3S. The third-order valence-corrected chi connectivity index (χ3v) is 6.58. The summed E-state index contributed by atoms with van der Waals surface area (Å²) in [6.45, 7) is 0. The highest BCUT2D eigenvalue weighted by atomic mass is 32.2. The van der Waals surface area contributed by atoms with Crippen LogP contribution in [0.1, 0.15) is 0 Å². The van der Waals surface area contributed by atoms with Gasteiger partial charge in [-0.1, -0.05) is 0 Å². The van der Waals surface area contributed by atoms with Crippen molar-refractivity contribution in [3.63, 3.8) is 0 Å². The molecule has 5 rings (SSSR count). The first kappa shape index (κ1) is 21.5. The van der Waals surface area contributed by atoms with E-state index >= 15 is 0 Å². The van der Waals surface area contributed by atoms with E-state index in [1.54, 1.807) is 30.9 Å². The van der Waals surface area contributed by atoms with Gasteiger partial charge in [0, 0.05) is 41.3 Å². The van der Waals surface area contributed by atoms with Crippen LogP contribution in [0.15, 0.2) is 90.5 Å². The van der Waals surface area contributed by atoms with Crippen molar-refractivity contribution < 1.29 is 17.5 Å². The zero-order chi connectivity index (χ0) is 23.7. The Morgan fingerprint density at radius 3 is 2.47 bits per heavy atom. The first-order valence-corrected chi connectivity index (χ1v) is 11.6. The molecule has 0 radical (unpaired) electrons. The van der Waals surface area contributed by atoms with Crippen LogP contribution in [-0.4, -0.2) is 35.0 Å². The quantitative estimate of drug-likeness (QED) is 0.390. The highest BCUT2D eigenvalue weighted by Crippen LogP contribution is 2.31. The van der Waals surface area contributed by atoms with E-state index in [1.807, 2.05) is 35.0 Å². The third-order valence-electron chi connectivity index (χ3n) is 5.20. The number of fused-ring (bicyclic) bond motifs is 1. The molecule has 170 valence electrons. The Balaban J connectivity index is 1.51. The van der Waals surface area contributed by atoms with Gasteiger partial charge in [-0.15, -0.1) is 0 Å². The topological polar surface area (TPSA) is 99.0 Å². The maximum Gasteiger partial charge on any atom is 0.262 e. The number of hydrogen-bond donors (Lipinski definition) is 1. The molecule has 0 amide bonds. The highest BCUT2D eigenvalue weighted by molar-refractivity contribution is 7.92. The van der Waals surface area contributed by atoms with Crippen LogP contribution < -0.4 is 9.46 Å². The van der Waals surface area contributed by atoms with E-state index in [1.165, 1.54) is 19.2 Å². The van der Waals surface area contributed by atoms with Gasteiger partial charge < -0.3 is 4.74 Å². The van der Waals surface area contributed by atoms with E-state index in [9.17, 15) is 12.8 Å². The lowest BCUT2D eigenvalue weighted by Gasteiger charge is -2.13. The van der Waals surface area contributed by atoms with Crippen molar-refractivity contribution in [1.82, 2.24) is 19.5 Å². The third kappa shape index (κ3) is 4.06. The van der Waals surface area contributed by atoms with Crippen LogP contribution in [0.4, 0.5) is 10.1 Å². The molecule has 0 aliphatic heterocycles. The lowest BCUT2D eigenvalue weighted by molar-refractivity contribution is 0.400. The number of sulfonamides is 1. The standard InChI is InChI=1S/C24H18FN5O3S/c1-33-24-22(29-34(31,32)21-6-4-19(25)5-7-21)12-18(14-28-24)17-11-16-8-10-30(23(16)27-13-17)20-3-2-9-26-15-20/h2-15,29H,1H3. The Morgan fingerprint density at radius 1 is 0.971 bits per heavy atom. The van der Waals surface area contributed by atoms with E-state index in [2.05, 4.69) is 19.7 Å². The van der Waals surface area contributed by atoms with Gasteiger partial charge in [0.2, 0.25) is 5.88 Å². The Labute approximate surface area is 194 Å². The van der Waals surface area contributed by atoms with Crippen LogP contribution in [0, 0.1) is 5.82 Å². The zero-order valence-electron chi connectivity index (χ0n) is 17.9. The molecule has 0 aliphatic carbocycles. The molecule has 34 heavy (non-hydrogen) atoms. The van der Waals surface area contributed by atoms with Crippen molar-refractivity contribution in [2.45, 2.75) is 4.90 Å². The molecule has 0 saturated carbocycles. The summed E-state index contributed by atoms with van der Waals surface area (Å²) < 4.78 is 48.5. The summed E-state index contributed by atoms with van der Waals surface area (Å²) in [6, 6.07) is 13.8. The van der Waals surface area contributed by atoms with Crippen LogP contribution in [0.3, 0.4) is 0 Å². The molecule has 4 aromatic heterocycles. The van der Waals surface area contributed by atoms with Crippen molar-refractivity contribution in [2.75, 3.05) is 11.8 Å². The lowest BCUT2D eigenvalue weighted by Crippen LogP contribution is -2.14. The molecule has 0 bridgehead atoms. The minimum absolute atomic E-state index is 0.0822. The molecule has 0 fully saturated rings. The molecule has 10 heteroatoms. The van der Waals surface area contributed by atoms with E-state index in [0.717, 1.165) is 34.4 Å². The van der Waals surface area contributed by atoms with Crippen molar-refractivity contribution in [1.29, 1.82) is 0 Å². The minimum atomic E-state index is -3.99. The summed E-state index contributed by atoms with van der Waals surface area (Å²) in [7, 11) is -2.59. The van der Waals surface area contributed by atoms with Gasteiger partial charge in [0.15, 0.2) is 0 Å². The molecule has 0 aliphatic rings. The van der Waals surface area contributed by atoms with Gasteiger partial charge in [0.1, 0.15) is 17.2 Å². The van der Waals surface area contributed by atoms with Crippen molar-refractivity contribution in [3.8, 4) is 22.7 Å². The number of hydrogen-bond acceptors (Lipinski definition) is 6. The van der Waals surface area contributed by atoms with Gasteiger partial charge in [0.25, 0.3) is 10.0 Å². The molecule has 0 unspecified atom stereocenters. The molecule has 5 aromatic rings. The van der Waals surface area contributed by atoms with E-state index in [-0.39, 0.29) is 16.5 Å². The van der Waals surface area contributed by atoms with Crippen molar-refractivity contribution in [3.05, 3.63) is 91.4 Å². The molecule has 1 N–H and O–H groups in total. The molecule has 1 aromatic carbocycles. The van der Waals surface area contributed by atoms with Gasteiger partial charge in [0.05, 0.1) is 23.9 Å². The second-order valence-electron chi connectivity index (χ2n) is 7.37. The average molecular weight is 476 g/mol. The first-order chi connectivity index (χ1) is 16.4. The number of rotatable bonds is 6. The second-order valence-corrected chi connectivity index (χ2v) is 9.06. The first-order valence-electron chi connectivity index (χ1n) is 10.1. The molecule has 0 atom stereocenters. The fraction of sp³-hybridized carbons (Fsp3) is 0.0417. The highest BCUT2D eigenvalue weighted by Gasteiger charge is 2.18. The largest absolute Gasteiger partial charge is 0.480 e. The normalized spacial score (nSPS) is 11.5. The SMILES string of the molecule is COc1ncc(-c2cnc3c(ccn3-c3cccnc3)c2)cc1NS(=O)(=O)c1ccc(F)cc1. The summed E-state index contributed by atoms with van der Waals surface area (Å²) in [6.07, 6.45) is 8.64. The number of halogens is 1. The maximum atomic E-state index is 13.2. The van der Waals surface area contributed by atoms with Gasteiger partial charge in [-0.05, 0) is 54.6 Å². The van der Waals surface area contributed by atoms with E-state index in [0.29, 0.717) is 5.56 Å². The number of anilines is 1. The lowest BCUT2D eigenvalue weighted by atomic mass is 10.1. The molecule has 0 spiro atoms. The van der Waals surface area contributed by atoms with E-state index < -0.39 is 15.8 Å². The monoisotopic (exact) mass is 475 g/mol. The van der Waals surface area contributed by atoms with Gasteiger partial charge >= 0.3 is 0 Å². The Morgan fingerprint density at radius 2 is 1.74 bits per heavy atom. The number of aromatic nitrogens is 4. The smallest absolute Gasteiger partial charge is 0.262 e. The van der Waals surface area contributed by atoms with Crippen LogP contribution in [-0.2, 0) is 10.0 Å². The zero-order valence-corrected chi connectivity index (χ0v) is 18.7. The number of ether oxygens (including phenoxy) is 1. The van der Waals surface area contributed by atoms with E-state index in [4.69, 9.17) is 4.74 Å². The summed E-state index contributed by atoms with van der Waals surface area (Å²) in [4.78, 5) is 12.9. The minimum Gasteiger partial charge on any atom is -0.480 e. The summed E-state index contributed by atoms with van der Waals surface area (Å²) in [5, 5.41) is 0.894. The number of nitrogens with one attached hydrogen (secondary N) is 1. The molecule has 4 heterocycles. The molecule has 8 nitrogen and oxygen atoms in total. The summed E-state index contributed by atoms with van der Waals surface area (Å²) in [5.74, 6) is -0.424. The summed E-state index contributed by atoms with van der Waals surface area (Å²) >= 11 is 0. The predicted molar refractivity (Wildman–Crippen MR) is 126 cm³/mol.